The van der Waals surface area contributed by atoms with Gasteiger partial charge in [-0.25, -0.2) is 4.98 Å². The molecule has 0 bridgehead atoms. The molecule has 2 atom stereocenters. The monoisotopic (exact) mass is 210 g/mol. The Bertz CT molecular complexity index is 282. The zero-order valence-electron chi connectivity index (χ0n) is 10.2. The Morgan fingerprint density at radius 2 is 2.27 bits per heavy atom. The van der Waals surface area contributed by atoms with Crippen molar-refractivity contribution in [2.45, 2.75) is 39.2 Å². The fourth-order valence-corrected chi connectivity index (χ4v) is 1.95. The van der Waals surface area contributed by atoms with Crippen LogP contribution in [-0.4, -0.2) is 27.9 Å². The van der Waals surface area contributed by atoms with Gasteiger partial charge in [-0.05, 0) is 19.4 Å². The summed E-state index contributed by atoms with van der Waals surface area (Å²) in [6.45, 7) is 4.52. The molecule has 1 heterocycles. The number of hydrogen-bond acceptors (Lipinski definition) is 3. The maximum Gasteiger partial charge on any atom is 0.138 e. The second-order valence-corrected chi connectivity index (χ2v) is 4.17. The molecule has 0 aliphatic rings. The van der Waals surface area contributed by atoms with Crippen LogP contribution in [0.5, 0.6) is 0 Å². The Kier molecular flexibility index (Phi) is 4.75. The first-order valence-electron chi connectivity index (χ1n) is 5.69. The second-order valence-electron chi connectivity index (χ2n) is 4.17. The van der Waals surface area contributed by atoms with Crippen molar-refractivity contribution in [2.24, 2.45) is 13.0 Å². The minimum atomic E-state index is 0.493. The van der Waals surface area contributed by atoms with E-state index in [0.717, 1.165) is 12.2 Å². The van der Waals surface area contributed by atoms with Crippen molar-refractivity contribution >= 4 is 0 Å². The van der Waals surface area contributed by atoms with E-state index in [9.17, 15) is 0 Å². The number of nitrogens with one attached hydrogen (secondary N) is 1. The summed E-state index contributed by atoms with van der Waals surface area (Å²) in [5.41, 5.74) is 0. The third kappa shape index (κ3) is 3.30. The molecule has 0 aliphatic heterocycles. The Balaban J connectivity index is 2.57. The van der Waals surface area contributed by atoms with Crippen LogP contribution in [0.1, 0.15) is 32.5 Å². The highest BCUT2D eigenvalue weighted by atomic mass is 15.3. The van der Waals surface area contributed by atoms with Crippen molar-refractivity contribution in [3.8, 4) is 0 Å². The second kappa shape index (κ2) is 5.85. The molecule has 1 rings (SSSR count). The van der Waals surface area contributed by atoms with E-state index in [4.69, 9.17) is 0 Å². The molecule has 0 spiro atoms. The molecule has 4 nitrogen and oxygen atoms in total. The van der Waals surface area contributed by atoms with Crippen molar-refractivity contribution in [1.82, 2.24) is 20.1 Å². The van der Waals surface area contributed by atoms with Gasteiger partial charge in [0.05, 0.1) is 0 Å². The minimum absolute atomic E-state index is 0.493. The van der Waals surface area contributed by atoms with Gasteiger partial charge >= 0.3 is 0 Å². The van der Waals surface area contributed by atoms with Crippen LogP contribution in [0.15, 0.2) is 6.33 Å². The highest BCUT2D eigenvalue weighted by Gasteiger charge is 2.17. The van der Waals surface area contributed by atoms with Crippen LogP contribution in [-0.2, 0) is 13.5 Å². The van der Waals surface area contributed by atoms with E-state index >= 15 is 0 Å². The summed E-state index contributed by atoms with van der Waals surface area (Å²) in [6, 6.07) is 0.493. The van der Waals surface area contributed by atoms with Gasteiger partial charge < -0.3 is 5.32 Å². The lowest BCUT2D eigenvalue weighted by atomic mass is 9.94. The van der Waals surface area contributed by atoms with Crippen molar-refractivity contribution in [3.05, 3.63) is 12.2 Å². The summed E-state index contributed by atoms with van der Waals surface area (Å²) < 4.78 is 1.85. The highest BCUT2D eigenvalue weighted by Crippen LogP contribution is 2.13. The van der Waals surface area contributed by atoms with E-state index in [1.54, 1.807) is 6.33 Å². The first-order valence-corrected chi connectivity index (χ1v) is 5.69. The Morgan fingerprint density at radius 1 is 1.53 bits per heavy atom. The number of likely N-dealkylation sites (N-methyl/N-ethyl adjacent to an activating group) is 1. The van der Waals surface area contributed by atoms with Gasteiger partial charge in [0.2, 0.25) is 0 Å². The molecule has 0 fully saturated rings. The molecule has 0 amide bonds. The van der Waals surface area contributed by atoms with Gasteiger partial charge in [0.1, 0.15) is 12.2 Å². The number of hydrogen-bond donors (Lipinski definition) is 1. The SMILES string of the molecule is CCCC(C)C(Cc1ncnn1C)NC. The van der Waals surface area contributed by atoms with Gasteiger partial charge in [-0.1, -0.05) is 20.3 Å². The molecule has 1 N–H and O–H groups in total. The quantitative estimate of drug-likeness (QED) is 0.771. The average Bonchev–Trinajstić information content (AvgIpc) is 2.61. The third-order valence-corrected chi connectivity index (χ3v) is 3.01. The molecule has 0 radical (unpaired) electrons. The first kappa shape index (κ1) is 12.2. The molecule has 4 heteroatoms. The van der Waals surface area contributed by atoms with Crippen molar-refractivity contribution in [3.63, 3.8) is 0 Å². The minimum Gasteiger partial charge on any atom is -0.316 e. The summed E-state index contributed by atoms with van der Waals surface area (Å²) in [4.78, 5) is 4.26. The van der Waals surface area contributed by atoms with Crippen LogP contribution in [0.2, 0.25) is 0 Å². The largest absolute Gasteiger partial charge is 0.316 e. The fourth-order valence-electron chi connectivity index (χ4n) is 1.95. The van der Waals surface area contributed by atoms with E-state index < -0.39 is 0 Å². The van der Waals surface area contributed by atoms with Crippen LogP contribution in [0, 0.1) is 5.92 Å². The zero-order valence-corrected chi connectivity index (χ0v) is 10.2. The van der Waals surface area contributed by atoms with Crippen LogP contribution in [0.25, 0.3) is 0 Å². The maximum absolute atomic E-state index is 4.26. The molecule has 15 heavy (non-hydrogen) atoms. The number of rotatable bonds is 6. The molecule has 0 saturated heterocycles. The molecule has 86 valence electrons. The molecule has 0 aromatic carbocycles. The molecular formula is C11H22N4. The number of aryl methyl sites for hydroxylation is 1. The van der Waals surface area contributed by atoms with Crippen molar-refractivity contribution in [2.75, 3.05) is 7.05 Å². The summed E-state index contributed by atoms with van der Waals surface area (Å²) in [5.74, 6) is 1.73. The van der Waals surface area contributed by atoms with Crippen LogP contribution >= 0.6 is 0 Å². The van der Waals surface area contributed by atoms with E-state index in [2.05, 4.69) is 29.2 Å². The summed E-state index contributed by atoms with van der Waals surface area (Å²) >= 11 is 0. The smallest absolute Gasteiger partial charge is 0.138 e. The van der Waals surface area contributed by atoms with Gasteiger partial charge in [-0.2, -0.15) is 5.10 Å². The normalized spacial score (nSPS) is 15.2. The molecule has 0 saturated carbocycles. The van der Waals surface area contributed by atoms with Gasteiger partial charge in [0, 0.05) is 19.5 Å². The Labute approximate surface area is 92.1 Å². The van der Waals surface area contributed by atoms with Crippen LogP contribution < -0.4 is 5.32 Å². The first-order chi connectivity index (χ1) is 7.19. The van der Waals surface area contributed by atoms with Crippen LogP contribution in [0.4, 0.5) is 0 Å². The predicted molar refractivity (Wildman–Crippen MR) is 61.6 cm³/mol. The summed E-state index contributed by atoms with van der Waals surface area (Å²) in [6.07, 6.45) is 5.06. The lowest BCUT2D eigenvalue weighted by Gasteiger charge is -2.22. The third-order valence-electron chi connectivity index (χ3n) is 3.01. The lowest BCUT2D eigenvalue weighted by molar-refractivity contribution is 0.363. The molecule has 2 unspecified atom stereocenters. The van der Waals surface area contributed by atoms with Gasteiger partial charge in [0.25, 0.3) is 0 Å². The lowest BCUT2D eigenvalue weighted by Crippen LogP contribution is -2.35. The maximum atomic E-state index is 4.26. The molecule has 0 aliphatic carbocycles. The van der Waals surface area contributed by atoms with Crippen molar-refractivity contribution < 1.29 is 0 Å². The topological polar surface area (TPSA) is 42.7 Å². The zero-order chi connectivity index (χ0) is 11.3. The van der Waals surface area contributed by atoms with E-state index in [0.29, 0.717) is 12.0 Å². The predicted octanol–water partition coefficient (Wildman–Crippen LogP) is 1.38. The summed E-state index contributed by atoms with van der Waals surface area (Å²) in [5, 5.41) is 7.46. The average molecular weight is 210 g/mol. The molecular weight excluding hydrogens is 188 g/mol. The van der Waals surface area contributed by atoms with Crippen molar-refractivity contribution in [1.29, 1.82) is 0 Å². The Hall–Kier alpha value is -0.900. The Morgan fingerprint density at radius 3 is 2.73 bits per heavy atom. The fraction of sp³-hybridized carbons (Fsp3) is 0.818. The van der Waals surface area contributed by atoms with Crippen LogP contribution in [0.3, 0.4) is 0 Å². The highest BCUT2D eigenvalue weighted by molar-refractivity contribution is 4.90. The van der Waals surface area contributed by atoms with Gasteiger partial charge in [-0.3, -0.25) is 4.68 Å². The standard InChI is InChI=1S/C11H22N4/c1-5-6-9(2)10(12-3)7-11-13-8-14-15(11)4/h8-10,12H,5-7H2,1-4H3. The van der Waals surface area contributed by atoms with E-state index in [1.807, 2.05) is 18.8 Å². The van der Waals surface area contributed by atoms with Gasteiger partial charge in [-0.15, -0.1) is 0 Å². The molecule has 1 aromatic heterocycles. The number of nitrogens with zero attached hydrogens (tertiary/aromatic N) is 3. The van der Waals surface area contributed by atoms with E-state index in [1.165, 1.54) is 12.8 Å². The number of aromatic nitrogens is 3. The van der Waals surface area contributed by atoms with Gasteiger partial charge in [0.15, 0.2) is 0 Å². The summed E-state index contributed by atoms with van der Waals surface area (Å²) in [7, 11) is 3.97. The van der Waals surface area contributed by atoms with E-state index in [-0.39, 0.29) is 0 Å². The molecule has 1 aromatic rings.